The first kappa shape index (κ1) is 15.7. The Bertz CT molecular complexity index is 594. The molecular weight excluding hydrogens is 256 g/mol. The summed E-state index contributed by atoms with van der Waals surface area (Å²) in [5.74, 6) is 0. The number of likely N-dealkylation sites (N-methyl/N-ethyl adjacent to an activating group) is 1. The molecule has 21 heavy (non-hydrogen) atoms. The molecule has 112 valence electrons. The van der Waals surface area contributed by atoms with Gasteiger partial charge < -0.3 is 5.32 Å². The molecule has 0 saturated heterocycles. The first-order chi connectivity index (χ1) is 10.0. The Kier molecular flexibility index (Phi) is 5.13. The SMILES string of the molecule is CCNC(Cc1c(C)cc(C)cc1C)c1cccnc1C. The third-order valence-corrected chi connectivity index (χ3v) is 4.12. The third-order valence-electron chi connectivity index (χ3n) is 4.12. The molecule has 0 aliphatic rings. The summed E-state index contributed by atoms with van der Waals surface area (Å²) in [5, 5.41) is 3.62. The molecule has 1 atom stereocenters. The van der Waals surface area contributed by atoms with Crippen LogP contribution in [0.2, 0.25) is 0 Å². The van der Waals surface area contributed by atoms with E-state index in [0.29, 0.717) is 6.04 Å². The maximum Gasteiger partial charge on any atom is 0.0420 e. The molecule has 0 bridgehead atoms. The number of pyridine rings is 1. The van der Waals surface area contributed by atoms with Gasteiger partial charge in [0.2, 0.25) is 0 Å². The van der Waals surface area contributed by atoms with E-state index in [9.17, 15) is 0 Å². The molecule has 2 rings (SSSR count). The van der Waals surface area contributed by atoms with Crippen LogP contribution in [0.1, 0.15) is 46.5 Å². The van der Waals surface area contributed by atoms with E-state index in [0.717, 1.165) is 18.7 Å². The van der Waals surface area contributed by atoms with Crippen LogP contribution in [0.3, 0.4) is 0 Å². The molecular formula is C19H26N2. The summed E-state index contributed by atoms with van der Waals surface area (Å²) in [7, 11) is 0. The highest BCUT2D eigenvalue weighted by molar-refractivity contribution is 5.39. The molecule has 2 heteroatoms. The van der Waals surface area contributed by atoms with E-state index in [1.165, 1.54) is 27.8 Å². The van der Waals surface area contributed by atoms with Crippen LogP contribution in [0, 0.1) is 27.7 Å². The summed E-state index contributed by atoms with van der Waals surface area (Å²) in [6, 6.07) is 9.10. The second kappa shape index (κ2) is 6.86. The van der Waals surface area contributed by atoms with Gasteiger partial charge in [-0.05, 0) is 69.0 Å². The van der Waals surface area contributed by atoms with E-state index < -0.39 is 0 Å². The van der Waals surface area contributed by atoms with Crippen molar-refractivity contribution in [2.75, 3.05) is 6.54 Å². The van der Waals surface area contributed by atoms with Gasteiger partial charge in [-0.3, -0.25) is 4.98 Å². The van der Waals surface area contributed by atoms with Crippen LogP contribution < -0.4 is 5.32 Å². The van der Waals surface area contributed by atoms with Crippen molar-refractivity contribution in [1.82, 2.24) is 10.3 Å². The number of rotatable bonds is 5. The standard InChI is InChI=1S/C19H26N2/c1-6-20-19(17-8-7-9-21-16(17)5)12-18-14(3)10-13(2)11-15(18)4/h7-11,19-20H,6,12H2,1-5H3. The van der Waals surface area contributed by atoms with Crippen molar-refractivity contribution >= 4 is 0 Å². The number of nitrogens with zero attached hydrogens (tertiary/aromatic N) is 1. The van der Waals surface area contributed by atoms with Gasteiger partial charge in [-0.25, -0.2) is 0 Å². The van der Waals surface area contributed by atoms with Crippen molar-refractivity contribution in [3.8, 4) is 0 Å². The van der Waals surface area contributed by atoms with Crippen LogP contribution in [0.25, 0.3) is 0 Å². The van der Waals surface area contributed by atoms with Gasteiger partial charge in [0.25, 0.3) is 0 Å². The average molecular weight is 282 g/mol. The first-order valence-corrected chi connectivity index (χ1v) is 7.74. The fraction of sp³-hybridized carbons (Fsp3) is 0.421. The molecule has 2 aromatic rings. The highest BCUT2D eigenvalue weighted by Gasteiger charge is 2.16. The molecule has 0 spiro atoms. The lowest BCUT2D eigenvalue weighted by atomic mass is 9.91. The Labute approximate surface area is 128 Å². The zero-order chi connectivity index (χ0) is 15.4. The lowest BCUT2D eigenvalue weighted by Crippen LogP contribution is -2.24. The van der Waals surface area contributed by atoms with Gasteiger partial charge in [0.1, 0.15) is 0 Å². The second-order valence-electron chi connectivity index (χ2n) is 5.87. The highest BCUT2D eigenvalue weighted by Crippen LogP contribution is 2.25. The van der Waals surface area contributed by atoms with Gasteiger partial charge in [0, 0.05) is 17.9 Å². The minimum Gasteiger partial charge on any atom is -0.310 e. The Morgan fingerprint density at radius 1 is 1.10 bits per heavy atom. The fourth-order valence-electron chi connectivity index (χ4n) is 3.14. The van der Waals surface area contributed by atoms with E-state index in [1.54, 1.807) is 0 Å². The number of hydrogen-bond acceptors (Lipinski definition) is 2. The Balaban J connectivity index is 2.36. The van der Waals surface area contributed by atoms with E-state index >= 15 is 0 Å². The number of hydrogen-bond donors (Lipinski definition) is 1. The largest absolute Gasteiger partial charge is 0.310 e. The topological polar surface area (TPSA) is 24.9 Å². The van der Waals surface area contributed by atoms with Crippen LogP contribution in [-0.2, 0) is 6.42 Å². The van der Waals surface area contributed by atoms with Crippen molar-refractivity contribution in [1.29, 1.82) is 0 Å². The van der Waals surface area contributed by atoms with Crippen LogP contribution >= 0.6 is 0 Å². The van der Waals surface area contributed by atoms with Crippen LogP contribution in [-0.4, -0.2) is 11.5 Å². The van der Waals surface area contributed by atoms with Crippen LogP contribution in [0.5, 0.6) is 0 Å². The number of aromatic nitrogens is 1. The summed E-state index contributed by atoms with van der Waals surface area (Å²) in [5.41, 5.74) is 7.99. The summed E-state index contributed by atoms with van der Waals surface area (Å²) in [4.78, 5) is 4.44. The quantitative estimate of drug-likeness (QED) is 0.888. The molecule has 0 radical (unpaired) electrons. The molecule has 0 aliphatic carbocycles. The lowest BCUT2D eigenvalue weighted by molar-refractivity contribution is 0.543. The molecule has 0 saturated carbocycles. The van der Waals surface area contributed by atoms with Crippen molar-refractivity contribution in [2.45, 2.75) is 47.1 Å². The maximum atomic E-state index is 4.44. The summed E-state index contributed by atoms with van der Waals surface area (Å²) in [6.45, 7) is 11.8. The average Bonchev–Trinajstić information content (AvgIpc) is 2.42. The Morgan fingerprint density at radius 3 is 2.33 bits per heavy atom. The zero-order valence-electron chi connectivity index (χ0n) is 13.8. The normalized spacial score (nSPS) is 12.4. The number of nitrogens with one attached hydrogen (secondary N) is 1. The molecule has 2 nitrogen and oxygen atoms in total. The van der Waals surface area contributed by atoms with Gasteiger partial charge in [-0.2, -0.15) is 0 Å². The second-order valence-corrected chi connectivity index (χ2v) is 5.87. The minimum atomic E-state index is 0.323. The van der Waals surface area contributed by atoms with E-state index in [2.05, 4.69) is 63.1 Å². The number of aryl methyl sites for hydroxylation is 4. The van der Waals surface area contributed by atoms with Crippen molar-refractivity contribution in [3.05, 3.63) is 64.0 Å². The van der Waals surface area contributed by atoms with Crippen LogP contribution in [0.15, 0.2) is 30.5 Å². The highest BCUT2D eigenvalue weighted by atomic mass is 14.9. The molecule has 0 fully saturated rings. The first-order valence-electron chi connectivity index (χ1n) is 7.74. The van der Waals surface area contributed by atoms with Gasteiger partial charge in [-0.15, -0.1) is 0 Å². The van der Waals surface area contributed by atoms with Gasteiger partial charge in [0.15, 0.2) is 0 Å². The predicted octanol–water partition coefficient (Wildman–Crippen LogP) is 4.21. The Morgan fingerprint density at radius 2 is 1.76 bits per heavy atom. The molecule has 1 heterocycles. The van der Waals surface area contributed by atoms with E-state index in [-0.39, 0.29) is 0 Å². The molecule has 1 aromatic heterocycles. The molecule has 0 amide bonds. The molecule has 1 N–H and O–H groups in total. The summed E-state index contributed by atoms with van der Waals surface area (Å²) < 4.78 is 0. The number of benzene rings is 1. The van der Waals surface area contributed by atoms with Crippen LogP contribution in [0.4, 0.5) is 0 Å². The molecule has 0 aliphatic heterocycles. The smallest absolute Gasteiger partial charge is 0.0420 e. The van der Waals surface area contributed by atoms with Gasteiger partial charge >= 0.3 is 0 Å². The summed E-state index contributed by atoms with van der Waals surface area (Å²) in [6.07, 6.45) is 2.88. The van der Waals surface area contributed by atoms with E-state index in [1.807, 2.05) is 12.3 Å². The fourth-order valence-corrected chi connectivity index (χ4v) is 3.14. The monoisotopic (exact) mass is 282 g/mol. The lowest BCUT2D eigenvalue weighted by Gasteiger charge is -2.22. The van der Waals surface area contributed by atoms with Crippen molar-refractivity contribution < 1.29 is 0 Å². The molecule has 1 aromatic carbocycles. The van der Waals surface area contributed by atoms with Gasteiger partial charge in [0.05, 0.1) is 0 Å². The van der Waals surface area contributed by atoms with Gasteiger partial charge in [-0.1, -0.05) is 30.7 Å². The minimum absolute atomic E-state index is 0.323. The maximum absolute atomic E-state index is 4.44. The third kappa shape index (κ3) is 3.70. The summed E-state index contributed by atoms with van der Waals surface area (Å²) >= 11 is 0. The van der Waals surface area contributed by atoms with Crippen molar-refractivity contribution in [3.63, 3.8) is 0 Å². The predicted molar refractivity (Wildman–Crippen MR) is 89.7 cm³/mol. The molecule has 1 unspecified atom stereocenters. The van der Waals surface area contributed by atoms with E-state index in [4.69, 9.17) is 0 Å². The zero-order valence-corrected chi connectivity index (χ0v) is 13.8. The Hall–Kier alpha value is -1.67. The van der Waals surface area contributed by atoms with Crippen molar-refractivity contribution in [2.24, 2.45) is 0 Å².